The second-order valence-corrected chi connectivity index (χ2v) is 5.28. The van der Waals surface area contributed by atoms with Crippen LogP contribution in [0.3, 0.4) is 0 Å². The van der Waals surface area contributed by atoms with E-state index in [1.807, 2.05) is 13.2 Å². The number of hydrogen-bond acceptors (Lipinski definition) is 4. The fourth-order valence-electron chi connectivity index (χ4n) is 1.94. The molecule has 0 aliphatic heterocycles. The minimum Gasteiger partial charge on any atom is -0.395 e. The van der Waals surface area contributed by atoms with Crippen molar-refractivity contribution in [2.75, 3.05) is 26.0 Å². The van der Waals surface area contributed by atoms with Gasteiger partial charge in [0, 0.05) is 11.4 Å². The van der Waals surface area contributed by atoms with Gasteiger partial charge in [-0.25, -0.2) is 0 Å². The normalized spacial score (nSPS) is 12.7. The van der Waals surface area contributed by atoms with Crippen molar-refractivity contribution in [3.05, 3.63) is 29.8 Å². The molecule has 0 aromatic heterocycles. The molecule has 1 aromatic rings. The van der Waals surface area contributed by atoms with Gasteiger partial charge >= 0.3 is 0 Å². The van der Waals surface area contributed by atoms with Crippen molar-refractivity contribution in [1.82, 2.24) is 4.90 Å². The molecule has 3 nitrogen and oxygen atoms in total. The number of aliphatic hydroxyl groups excluding tert-OH is 1. The molecular weight excluding hydrogens is 264 g/mol. The average molecular weight is 284 g/mol. The molecular formula is C13H20N2OS2. The smallest absolute Gasteiger partial charge is 0.0948 e. The fraction of sp³-hybridized carbons (Fsp3) is 0.462. The third-order valence-electron chi connectivity index (χ3n) is 2.86. The molecule has 1 unspecified atom stereocenters. The zero-order chi connectivity index (χ0) is 13.5. The van der Waals surface area contributed by atoms with Crippen molar-refractivity contribution < 1.29 is 5.11 Å². The van der Waals surface area contributed by atoms with Crippen LogP contribution in [0, 0.1) is 0 Å². The zero-order valence-electron chi connectivity index (χ0n) is 10.8. The summed E-state index contributed by atoms with van der Waals surface area (Å²) in [5.74, 6) is 0. The summed E-state index contributed by atoms with van der Waals surface area (Å²) < 4.78 is 0. The lowest BCUT2D eigenvalue weighted by Crippen LogP contribution is -2.38. The van der Waals surface area contributed by atoms with Gasteiger partial charge in [-0.15, -0.1) is 11.8 Å². The van der Waals surface area contributed by atoms with Crippen molar-refractivity contribution in [3.63, 3.8) is 0 Å². The third-order valence-corrected chi connectivity index (χ3v) is 3.83. The maximum absolute atomic E-state index is 9.10. The lowest BCUT2D eigenvalue weighted by atomic mass is 10.1. The highest BCUT2D eigenvalue weighted by molar-refractivity contribution is 7.98. The number of rotatable bonds is 7. The van der Waals surface area contributed by atoms with Crippen LogP contribution in [0.1, 0.15) is 18.5 Å². The lowest BCUT2D eigenvalue weighted by molar-refractivity contribution is 0.185. The van der Waals surface area contributed by atoms with Crippen LogP contribution in [0.2, 0.25) is 0 Å². The molecule has 1 aromatic carbocycles. The highest BCUT2D eigenvalue weighted by Crippen LogP contribution is 2.23. The maximum atomic E-state index is 9.10. The van der Waals surface area contributed by atoms with E-state index >= 15 is 0 Å². The number of likely N-dealkylation sites (N-methyl/N-ethyl adjacent to an activating group) is 1. The molecule has 1 atom stereocenters. The number of hydrogen-bond donors (Lipinski definition) is 2. The van der Waals surface area contributed by atoms with E-state index in [2.05, 4.69) is 29.2 Å². The predicted octanol–water partition coefficient (Wildman–Crippen LogP) is 2.05. The quantitative estimate of drug-likeness (QED) is 0.593. The van der Waals surface area contributed by atoms with Gasteiger partial charge in [0.1, 0.15) is 0 Å². The van der Waals surface area contributed by atoms with Crippen LogP contribution in [-0.2, 0) is 0 Å². The second kappa shape index (κ2) is 7.74. The second-order valence-electron chi connectivity index (χ2n) is 3.93. The van der Waals surface area contributed by atoms with Crippen LogP contribution in [0.4, 0.5) is 0 Å². The first-order valence-corrected chi connectivity index (χ1v) is 7.55. The highest BCUT2D eigenvalue weighted by Gasteiger charge is 2.21. The molecule has 0 heterocycles. The summed E-state index contributed by atoms with van der Waals surface area (Å²) in [4.78, 5) is 3.74. The number of nitrogens with zero attached hydrogens (tertiary/aromatic N) is 1. The summed E-state index contributed by atoms with van der Waals surface area (Å²) >= 11 is 6.87. The van der Waals surface area contributed by atoms with Gasteiger partial charge in [0.05, 0.1) is 17.6 Å². The van der Waals surface area contributed by atoms with E-state index in [-0.39, 0.29) is 12.6 Å². The highest BCUT2D eigenvalue weighted by atomic mass is 32.2. The van der Waals surface area contributed by atoms with Crippen LogP contribution >= 0.6 is 24.0 Å². The summed E-state index contributed by atoms with van der Waals surface area (Å²) in [6.45, 7) is 3.52. The van der Waals surface area contributed by atoms with Crippen molar-refractivity contribution in [3.8, 4) is 0 Å². The molecule has 0 spiro atoms. The molecule has 0 radical (unpaired) electrons. The standard InChI is InChI=1S/C13H20N2OS2/c1-3-15(8-9-16)12(13(14)17)10-4-6-11(18-2)7-5-10/h4-7,12,16H,3,8-9H2,1-2H3,(H2,14,17). The molecule has 3 N–H and O–H groups in total. The summed E-state index contributed by atoms with van der Waals surface area (Å²) in [6.07, 6.45) is 2.05. The van der Waals surface area contributed by atoms with Gasteiger partial charge in [-0.3, -0.25) is 4.90 Å². The van der Waals surface area contributed by atoms with Gasteiger partial charge in [0.2, 0.25) is 0 Å². The largest absolute Gasteiger partial charge is 0.395 e. The van der Waals surface area contributed by atoms with E-state index in [1.54, 1.807) is 11.8 Å². The number of aliphatic hydroxyl groups is 1. The minimum absolute atomic E-state index is 0.104. The van der Waals surface area contributed by atoms with Crippen molar-refractivity contribution >= 4 is 29.0 Å². The Balaban J connectivity index is 2.98. The molecule has 0 fully saturated rings. The topological polar surface area (TPSA) is 49.5 Å². The first-order valence-electron chi connectivity index (χ1n) is 5.92. The maximum Gasteiger partial charge on any atom is 0.0948 e. The van der Waals surface area contributed by atoms with Gasteiger partial charge in [0.15, 0.2) is 0 Å². The molecule has 18 heavy (non-hydrogen) atoms. The number of benzene rings is 1. The molecule has 1 rings (SSSR count). The van der Waals surface area contributed by atoms with Gasteiger partial charge < -0.3 is 10.8 Å². The van der Waals surface area contributed by atoms with Crippen molar-refractivity contribution in [1.29, 1.82) is 0 Å². The lowest BCUT2D eigenvalue weighted by Gasteiger charge is -2.29. The molecule has 0 aliphatic carbocycles. The number of nitrogens with two attached hydrogens (primary N) is 1. The van der Waals surface area contributed by atoms with E-state index in [0.717, 1.165) is 12.1 Å². The van der Waals surface area contributed by atoms with E-state index in [0.29, 0.717) is 11.5 Å². The summed E-state index contributed by atoms with van der Waals surface area (Å²) in [6, 6.07) is 8.13. The van der Waals surface area contributed by atoms with Gasteiger partial charge in [-0.05, 0) is 30.5 Å². The first-order chi connectivity index (χ1) is 8.63. The van der Waals surface area contributed by atoms with E-state index in [4.69, 9.17) is 23.1 Å². The summed E-state index contributed by atoms with van der Waals surface area (Å²) in [5, 5.41) is 9.10. The summed E-state index contributed by atoms with van der Waals surface area (Å²) in [7, 11) is 0. The van der Waals surface area contributed by atoms with E-state index in [9.17, 15) is 0 Å². The zero-order valence-corrected chi connectivity index (χ0v) is 12.4. The van der Waals surface area contributed by atoms with Crippen LogP contribution in [-0.4, -0.2) is 40.9 Å². The Labute approximate surface area is 118 Å². The van der Waals surface area contributed by atoms with Crippen molar-refractivity contribution in [2.24, 2.45) is 5.73 Å². The molecule has 0 amide bonds. The average Bonchev–Trinajstić information content (AvgIpc) is 2.38. The van der Waals surface area contributed by atoms with Crippen LogP contribution in [0.25, 0.3) is 0 Å². The molecule has 0 saturated heterocycles. The van der Waals surface area contributed by atoms with Gasteiger partial charge in [0.25, 0.3) is 0 Å². The Bertz CT molecular complexity index is 381. The number of thioether (sulfide) groups is 1. The Morgan fingerprint density at radius 3 is 2.44 bits per heavy atom. The minimum atomic E-state index is -0.104. The van der Waals surface area contributed by atoms with E-state index in [1.165, 1.54) is 4.90 Å². The Kier molecular flexibility index (Phi) is 6.63. The third kappa shape index (κ3) is 3.95. The summed E-state index contributed by atoms with van der Waals surface area (Å²) in [5.41, 5.74) is 6.93. The molecule has 100 valence electrons. The fourth-order valence-corrected chi connectivity index (χ4v) is 2.63. The predicted molar refractivity (Wildman–Crippen MR) is 82.1 cm³/mol. The van der Waals surface area contributed by atoms with Crippen LogP contribution in [0.5, 0.6) is 0 Å². The molecule has 0 saturated carbocycles. The van der Waals surface area contributed by atoms with Crippen LogP contribution < -0.4 is 5.73 Å². The Hall–Kier alpha value is -0.620. The monoisotopic (exact) mass is 284 g/mol. The van der Waals surface area contributed by atoms with Crippen LogP contribution in [0.15, 0.2) is 29.2 Å². The Morgan fingerprint density at radius 2 is 2.06 bits per heavy atom. The molecule has 5 heteroatoms. The molecule has 0 aliphatic rings. The first kappa shape index (κ1) is 15.4. The SMILES string of the molecule is CCN(CCO)C(C(N)=S)c1ccc(SC)cc1. The van der Waals surface area contributed by atoms with Gasteiger partial charge in [-0.1, -0.05) is 31.3 Å². The van der Waals surface area contributed by atoms with Gasteiger partial charge in [-0.2, -0.15) is 0 Å². The Morgan fingerprint density at radius 1 is 1.44 bits per heavy atom. The number of thiocarbonyl (C=S) groups is 1. The van der Waals surface area contributed by atoms with Crippen molar-refractivity contribution in [2.45, 2.75) is 17.9 Å². The molecule has 0 bridgehead atoms. The van der Waals surface area contributed by atoms with E-state index < -0.39 is 0 Å².